The molecule has 20 heavy (non-hydrogen) atoms. The van der Waals surface area contributed by atoms with E-state index in [2.05, 4.69) is 38.2 Å². The van der Waals surface area contributed by atoms with Crippen molar-refractivity contribution in [1.82, 2.24) is 5.32 Å². The van der Waals surface area contributed by atoms with Gasteiger partial charge in [-0.1, -0.05) is 6.07 Å². The first-order chi connectivity index (χ1) is 9.58. The zero-order valence-corrected chi connectivity index (χ0v) is 13.1. The average molecular weight is 273 g/mol. The molecule has 1 N–H and O–H groups in total. The van der Waals surface area contributed by atoms with Gasteiger partial charge in [-0.15, -0.1) is 0 Å². The van der Waals surface area contributed by atoms with Crippen molar-refractivity contribution in [1.29, 1.82) is 0 Å². The highest BCUT2D eigenvalue weighted by atomic mass is 16.5. The first-order valence-corrected chi connectivity index (χ1v) is 8.08. The van der Waals surface area contributed by atoms with Crippen LogP contribution in [0.15, 0.2) is 12.1 Å². The van der Waals surface area contributed by atoms with Crippen LogP contribution in [0.5, 0.6) is 5.75 Å². The normalized spacial score (nSPS) is 20.6. The molecule has 0 spiro atoms. The summed E-state index contributed by atoms with van der Waals surface area (Å²) in [4.78, 5) is 0. The molecule has 2 saturated carbocycles. The van der Waals surface area contributed by atoms with E-state index >= 15 is 0 Å². The quantitative estimate of drug-likeness (QED) is 0.844. The first kappa shape index (κ1) is 13.9. The Morgan fingerprint density at radius 2 is 1.95 bits per heavy atom. The van der Waals surface area contributed by atoms with Crippen molar-refractivity contribution >= 4 is 0 Å². The Hall–Kier alpha value is -1.02. The largest absolute Gasteiger partial charge is 0.487 e. The van der Waals surface area contributed by atoms with Crippen molar-refractivity contribution < 1.29 is 4.74 Å². The summed E-state index contributed by atoms with van der Waals surface area (Å²) in [5.41, 5.74) is 4.05. The first-order valence-electron chi connectivity index (χ1n) is 8.08. The number of rotatable bonds is 6. The average Bonchev–Trinajstić information content (AvgIpc) is 3.16. The maximum atomic E-state index is 6.49. The van der Waals surface area contributed by atoms with Crippen LogP contribution < -0.4 is 10.1 Å². The van der Waals surface area contributed by atoms with E-state index in [9.17, 15) is 0 Å². The molecule has 2 aliphatic carbocycles. The van der Waals surface area contributed by atoms with E-state index < -0.39 is 0 Å². The van der Waals surface area contributed by atoms with Crippen LogP contribution in [0.3, 0.4) is 0 Å². The molecule has 0 aromatic heterocycles. The lowest BCUT2D eigenvalue weighted by atomic mass is 9.77. The number of hydrogen-bond donors (Lipinski definition) is 1. The van der Waals surface area contributed by atoms with Crippen LogP contribution in [-0.2, 0) is 0 Å². The minimum atomic E-state index is 0.104. The van der Waals surface area contributed by atoms with Crippen molar-refractivity contribution in [2.45, 2.75) is 70.9 Å². The molecule has 1 aromatic carbocycles. The van der Waals surface area contributed by atoms with Crippen LogP contribution in [0, 0.1) is 20.8 Å². The summed E-state index contributed by atoms with van der Waals surface area (Å²) in [7, 11) is 0. The van der Waals surface area contributed by atoms with Crippen LogP contribution in [-0.4, -0.2) is 18.2 Å². The maximum Gasteiger partial charge on any atom is 0.123 e. The van der Waals surface area contributed by atoms with E-state index in [0.717, 1.165) is 24.8 Å². The molecule has 2 heteroatoms. The van der Waals surface area contributed by atoms with Gasteiger partial charge in [0.15, 0.2) is 0 Å². The predicted molar refractivity (Wildman–Crippen MR) is 83.5 cm³/mol. The highest BCUT2D eigenvalue weighted by Gasteiger charge is 2.39. The summed E-state index contributed by atoms with van der Waals surface area (Å²) in [6.07, 6.45) is 7.62. The molecule has 2 aliphatic rings. The Kier molecular flexibility index (Phi) is 3.76. The SMILES string of the molecule is Cc1cc(C)c(C)c(OC2(CCNC3CC3)CCC2)c1. The zero-order chi connectivity index (χ0) is 14.2. The van der Waals surface area contributed by atoms with E-state index in [0.29, 0.717) is 0 Å². The third-order valence-corrected chi connectivity index (χ3v) is 4.95. The highest BCUT2D eigenvalue weighted by molar-refractivity contribution is 5.42. The summed E-state index contributed by atoms with van der Waals surface area (Å²) in [6.45, 7) is 7.62. The third-order valence-electron chi connectivity index (χ3n) is 4.95. The van der Waals surface area contributed by atoms with Crippen molar-refractivity contribution in [3.8, 4) is 5.75 Å². The summed E-state index contributed by atoms with van der Waals surface area (Å²) in [6, 6.07) is 5.25. The minimum absolute atomic E-state index is 0.104. The number of hydrogen-bond acceptors (Lipinski definition) is 2. The maximum absolute atomic E-state index is 6.49. The fourth-order valence-corrected chi connectivity index (χ4v) is 3.11. The number of ether oxygens (including phenoxy) is 1. The number of nitrogens with one attached hydrogen (secondary N) is 1. The molecule has 0 heterocycles. The van der Waals surface area contributed by atoms with Gasteiger partial charge in [0.2, 0.25) is 0 Å². The molecule has 110 valence electrons. The molecule has 0 atom stereocenters. The van der Waals surface area contributed by atoms with Crippen molar-refractivity contribution in [2.24, 2.45) is 0 Å². The van der Waals surface area contributed by atoms with Gasteiger partial charge in [0.1, 0.15) is 11.4 Å². The van der Waals surface area contributed by atoms with E-state index in [1.807, 2.05) is 0 Å². The van der Waals surface area contributed by atoms with Crippen LogP contribution in [0.25, 0.3) is 0 Å². The molecule has 0 radical (unpaired) electrons. The molecule has 3 rings (SSSR count). The van der Waals surface area contributed by atoms with Crippen molar-refractivity contribution in [2.75, 3.05) is 6.54 Å². The summed E-state index contributed by atoms with van der Waals surface area (Å²) < 4.78 is 6.49. The molecule has 2 nitrogen and oxygen atoms in total. The second kappa shape index (κ2) is 5.40. The van der Waals surface area contributed by atoms with E-state index in [1.54, 1.807) is 0 Å². The van der Waals surface area contributed by atoms with Crippen LogP contribution >= 0.6 is 0 Å². The van der Waals surface area contributed by atoms with Crippen LogP contribution in [0.1, 0.15) is 55.2 Å². The molecular formula is C18H27NO. The van der Waals surface area contributed by atoms with Gasteiger partial charge in [-0.2, -0.15) is 0 Å². The predicted octanol–water partition coefficient (Wildman–Crippen LogP) is 4.06. The lowest BCUT2D eigenvalue weighted by Gasteiger charge is -2.42. The second-order valence-electron chi connectivity index (χ2n) is 6.82. The fourth-order valence-electron chi connectivity index (χ4n) is 3.11. The Morgan fingerprint density at radius 1 is 1.20 bits per heavy atom. The van der Waals surface area contributed by atoms with Gasteiger partial charge in [0, 0.05) is 6.04 Å². The van der Waals surface area contributed by atoms with Gasteiger partial charge in [0.05, 0.1) is 0 Å². The molecule has 2 fully saturated rings. The standard InChI is InChI=1S/C18H27NO/c1-13-11-14(2)15(3)17(12-13)20-18(7-4-8-18)9-10-19-16-5-6-16/h11-12,16,19H,4-10H2,1-3H3. The third kappa shape index (κ3) is 3.01. The van der Waals surface area contributed by atoms with Gasteiger partial charge in [-0.05, 0) is 88.6 Å². The smallest absolute Gasteiger partial charge is 0.123 e. The highest BCUT2D eigenvalue weighted by Crippen LogP contribution is 2.40. The molecule has 0 saturated heterocycles. The topological polar surface area (TPSA) is 21.3 Å². The fraction of sp³-hybridized carbons (Fsp3) is 0.667. The van der Waals surface area contributed by atoms with Crippen molar-refractivity contribution in [3.05, 3.63) is 28.8 Å². The minimum Gasteiger partial charge on any atom is -0.487 e. The zero-order valence-electron chi connectivity index (χ0n) is 13.1. The number of aryl methyl sites for hydroxylation is 2. The molecule has 0 amide bonds. The summed E-state index contributed by atoms with van der Waals surface area (Å²) in [5.74, 6) is 1.11. The van der Waals surface area contributed by atoms with Crippen LogP contribution in [0.2, 0.25) is 0 Å². The van der Waals surface area contributed by atoms with Gasteiger partial charge in [-0.25, -0.2) is 0 Å². The lowest BCUT2D eigenvalue weighted by Crippen LogP contribution is -2.45. The molecule has 0 unspecified atom stereocenters. The Labute approximate surface area is 122 Å². The monoisotopic (exact) mass is 273 g/mol. The lowest BCUT2D eigenvalue weighted by molar-refractivity contribution is -0.0149. The molecule has 0 bridgehead atoms. The van der Waals surface area contributed by atoms with Gasteiger partial charge >= 0.3 is 0 Å². The molecule has 0 aliphatic heterocycles. The van der Waals surface area contributed by atoms with E-state index in [1.165, 1.54) is 48.8 Å². The van der Waals surface area contributed by atoms with Gasteiger partial charge in [0.25, 0.3) is 0 Å². The summed E-state index contributed by atoms with van der Waals surface area (Å²) in [5, 5.41) is 3.62. The summed E-state index contributed by atoms with van der Waals surface area (Å²) >= 11 is 0. The van der Waals surface area contributed by atoms with E-state index in [4.69, 9.17) is 4.74 Å². The van der Waals surface area contributed by atoms with Crippen LogP contribution in [0.4, 0.5) is 0 Å². The second-order valence-corrected chi connectivity index (χ2v) is 6.82. The Balaban J connectivity index is 1.67. The Morgan fingerprint density at radius 3 is 2.55 bits per heavy atom. The van der Waals surface area contributed by atoms with Gasteiger partial charge < -0.3 is 10.1 Å². The Bertz CT molecular complexity index is 486. The molecule has 1 aromatic rings. The number of benzene rings is 1. The van der Waals surface area contributed by atoms with E-state index in [-0.39, 0.29) is 5.60 Å². The van der Waals surface area contributed by atoms with Crippen molar-refractivity contribution in [3.63, 3.8) is 0 Å². The van der Waals surface area contributed by atoms with Gasteiger partial charge in [-0.3, -0.25) is 0 Å². The molecular weight excluding hydrogens is 246 g/mol.